The van der Waals surface area contributed by atoms with Crippen molar-refractivity contribution in [2.75, 3.05) is 32.0 Å². The number of carbonyl (C=O) groups excluding carboxylic acids is 1. The van der Waals surface area contributed by atoms with Crippen LogP contribution in [0.25, 0.3) is 0 Å². The van der Waals surface area contributed by atoms with E-state index in [0.717, 1.165) is 13.2 Å². The number of hydrogen-bond acceptors (Lipinski definition) is 5. The molecule has 6 nitrogen and oxygen atoms in total. The lowest BCUT2D eigenvalue weighted by Gasteiger charge is -2.35. The molecule has 0 aliphatic carbocycles. The molecule has 0 aromatic heterocycles. The van der Waals surface area contributed by atoms with Crippen molar-refractivity contribution in [2.24, 2.45) is 0 Å². The van der Waals surface area contributed by atoms with Crippen molar-refractivity contribution in [3.8, 4) is 0 Å². The second kappa shape index (κ2) is 9.67. The number of hydroxylamine groups is 1. The van der Waals surface area contributed by atoms with Crippen LogP contribution < -0.4 is 5.06 Å². The summed E-state index contributed by atoms with van der Waals surface area (Å²) in [6.07, 6.45) is -7.67. The number of anilines is 1. The van der Waals surface area contributed by atoms with Crippen LogP contribution in [-0.2, 0) is 19.7 Å². The molecule has 1 unspecified atom stereocenters. The molecular weight excluding hydrogens is 474 g/mol. The summed E-state index contributed by atoms with van der Waals surface area (Å²) in [6, 6.07) is 3.76. The first kappa shape index (κ1) is 25.3. The standard InChI is InChI=1S/C18H21Cl3F3NO5/c1-16(3-5-29-6-4-16)12-7-11(14(26)18(22,23)24)8-13(9-12)25(28-2)15(27)30-10-17(19,20)21/h7-9,14,26H,3-6,10H2,1-2H3. The van der Waals surface area contributed by atoms with Gasteiger partial charge in [0.05, 0.1) is 12.8 Å². The number of alkyl halides is 6. The molecule has 1 aliphatic rings. The number of aliphatic hydroxyl groups is 1. The number of carbonyl (C=O) groups is 1. The van der Waals surface area contributed by atoms with Gasteiger partial charge < -0.3 is 14.6 Å². The van der Waals surface area contributed by atoms with E-state index in [0.29, 0.717) is 36.7 Å². The summed E-state index contributed by atoms with van der Waals surface area (Å²) in [4.78, 5) is 17.4. The molecule has 1 aliphatic heterocycles. The Labute approximate surface area is 186 Å². The van der Waals surface area contributed by atoms with Crippen LogP contribution >= 0.6 is 34.8 Å². The normalized spacial score (nSPS) is 18.0. The van der Waals surface area contributed by atoms with Crippen LogP contribution in [0.15, 0.2) is 18.2 Å². The molecule has 1 N–H and O–H groups in total. The van der Waals surface area contributed by atoms with Crippen molar-refractivity contribution in [3.63, 3.8) is 0 Å². The molecular formula is C18H21Cl3F3NO5. The molecule has 1 heterocycles. The summed E-state index contributed by atoms with van der Waals surface area (Å²) in [7, 11) is 1.12. The molecule has 2 rings (SSSR count). The van der Waals surface area contributed by atoms with E-state index in [9.17, 15) is 23.1 Å². The molecule has 0 radical (unpaired) electrons. The van der Waals surface area contributed by atoms with E-state index < -0.39 is 39.8 Å². The van der Waals surface area contributed by atoms with Crippen LogP contribution in [0.4, 0.5) is 23.7 Å². The van der Waals surface area contributed by atoms with Crippen LogP contribution in [-0.4, -0.2) is 48.1 Å². The zero-order valence-corrected chi connectivity index (χ0v) is 18.4. The van der Waals surface area contributed by atoms with Crippen molar-refractivity contribution in [3.05, 3.63) is 29.3 Å². The van der Waals surface area contributed by atoms with Gasteiger partial charge >= 0.3 is 12.3 Å². The fourth-order valence-corrected chi connectivity index (χ4v) is 3.21. The molecule has 1 amide bonds. The Morgan fingerprint density at radius 1 is 1.27 bits per heavy atom. The number of ether oxygens (including phenoxy) is 2. The highest BCUT2D eigenvalue weighted by Crippen LogP contribution is 2.40. The maximum absolute atomic E-state index is 13.2. The topological polar surface area (TPSA) is 68.2 Å². The minimum Gasteiger partial charge on any atom is -0.443 e. The number of rotatable bonds is 5. The summed E-state index contributed by atoms with van der Waals surface area (Å²) in [5, 5.41) is 10.4. The van der Waals surface area contributed by atoms with Gasteiger partial charge in [0.15, 0.2) is 6.10 Å². The third-order valence-electron chi connectivity index (χ3n) is 4.80. The number of benzene rings is 1. The van der Waals surface area contributed by atoms with Gasteiger partial charge in [0.2, 0.25) is 3.79 Å². The zero-order chi connectivity index (χ0) is 22.7. The summed E-state index contributed by atoms with van der Waals surface area (Å²) in [5.74, 6) is 0. The molecule has 1 aromatic rings. The van der Waals surface area contributed by atoms with Crippen molar-refractivity contribution >= 4 is 46.6 Å². The maximum atomic E-state index is 13.2. The van der Waals surface area contributed by atoms with Crippen molar-refractivity contribution in [1.29, 1.82) is 0 Å². The third kappa shape index (κ3) is 6.51. The van der Waals surface area contributed by atoms with Gasteiger partial charge in [0.1, 0.15) is 6.61 Å². The smallest absolute Gasteiger partial charge is 0.438 e. The predicted molar refractivity (Wildman–Crippen MR) is 106 cm³/mol. The van der Waals surface area contributed by atoms with Gasteiger partial charge in [0.25, 0.3) is 0 Å². The Morgan fingerprint density at radius 2 is 1.87 bits per heavy atom. The Kier molecular flexibility index (Phi) is 8.15. The molecule has 30 heavy (non-hydrogen) atoms. The molecule has 1 fully saturated rings. The van der Waals surface area contributed by atoms with E-state index in [1.807, 2.05) is 6.92 Å². The molecule has 170 valence electrons. The van der Waals surface area contributed by atoms with Gasteiger partial charge in [-0.2, -0.15) is 18.2 Å². The molecule has 1 aromatic carbocycles. The second-order valence-corrected chi connectivity index (χ2v) is 9.59. The van der Waals surface area contributed by atoms with Crippen molar-refractivity contribution in [1.82, 2.24) is 0 Å². The first-order valence-corrected chi connectivity index (χ1v) is 9.96. The molecule has 0 saturated carbocycles. The van der Waals surface area contributed by atoms with E-state index in [1.54, 1.807) is 0 Å². The van der Waals surface area contributed by atoms with Crippen molar-refractivity contribution in [2.45, 2.75) is 41.3 Å². The number of nitrogens with zero attached hydrogens (tertiary/aromatic N) is 1. The van der Waals surface area contributed by atoms with Gasteiger partial charge in [-0.3, -0.25) is 4.84 Å². The first-order valence-electron chi connectivity index (χ1n) is 8.82. The predicted octanol–water partition coefficient (Wildman–Crippen LogP) is 5.23. The SMILES string of the molecule is CON(C(=O)OCC(Cl)(Cl)Cl)c1cc(C(O)C(F)(F)F)cc(C2(C)CCOCC2)c1. The highest BCUT2D eigenvalue weighted by Gasteiger charge is 2.41. The minimum absolute atomic E-state index is 0.0738. The first-order chi connectivity index (χ1) is 13.8. The summed E-state index contributed by atoms with van der Waals surface area (Å²) in [6.45, 7) is 2.12. The number of halogens is 6. The van der Waals surface area contributed by atoms with Gasteiger partial charge in [-0.15, -0.1) is 0 Å². The van der Waals surface area contributed by atoms with Crippen LogP contribution in [0.2, 0.25) is 0 Å². The van der Waals surface area contributed by atoms with Gasteiger partial charge in [0, 0.05) is 13.2 Å². The Morgan fingerprint density at radius 3 is 2.37 bits per heavy atom. The van der Waals surface area contributed by atoms with E-state index >= 15 is 0 Å². The molecule has 1 atom stereocenters. The Hall–Kier alpha value is -0.970. The molecule has 12 heteroatoms. The van der Waals surface area contributed by atoms with Crippen molar-refractivity contribution < 1.29 is 37.4 Å². The summed E-state index contributed by atoms with van der Waals surface area (Å²) >= 11 is 16.7. The maximum Gasteiger partial charge on any atom is 0.438 e. The van der Waals surface area contributed by atoms with Crippen LogP contribution in [0.5, 0.6) is 0 Å². The summed E-state index contributed by atoms with van der Waals surface area (Å²) in [5.41, 5.74) is -0.568. The monoisotopic (exact) mass is 493 g/mol. The largest absolute Gasteiger partial charge is 0.443 e. The Bertz CT molecular complexity index is 752. The van der Waals surface area contributed by atoms with Crippen LogP contribution in [0.3, 0.4) is 0 Å². The van der Waals surface area contributed by atoms with Gasteiger partial charge in [-0.25, -0.2) is 4.79 Å². The number of aliphatic hydroxyl groups excluding tert-OH is 1. The lowest BCUT2D eigenvalue weighted by Crippen LogP contribution is -2.34. The highest BCUT2D eigenvalue weighted by molar-refractivity contribution is 6.67. The minimum atomic E-state index is -4.90. The lowest BCUT2D eigenvalue weighted by molar-refractivity contribution is -0.206. The average Bonchev–Trinajstić information content (AvgIpc) is 2.65. The average molecular weight is 495 g/mol. The van der Waals surface area contributed by atoms with E-state index in [4.69, 9.17) is 49.1 Å². The number of hydrogen-bond donors (Lipinski definition) is 1. The van der Waals surface area contributed by atoms with Crippen LogP contribution in [0, 0.1) is 0 Å². The fourth-order valence-electron chi connectivity index (χ4n) is 3.05. The third-order valence-corrected chi connectivity index (χ3v) is 5.13. The van der Waals surface area contributed by atoms with E-state index in [1.165, 1.54) is 12.1 Å². The highest BCUT2D eigenvalue weighted by atomic mass is 35.6. The van der Waals surface area contributed by atoms with Gasteiger partial charge in [-0.05, 0) is 41.5 Å². The molecule has 1 saturated heterocycles. The fraction of sp³-hybridized carbons (Fsp3) is 0.611. The number of amides is 1. The lowest BCUT2D eigenvalue weighted by atomic mass is 9.75. The second-order valence-electron chi connectivity index (χ2n) is 7.08. The van der Waals surface area contributed by atoms with E-state index in [2.05, 4.69) is 0 Å². The van der Waals surface area contributed by atoms with Gasteiger partial charge in [-0.1, -0.05) is 47.8 Å². The van der Waals surface area contributed by atoms with Crippen LogP contribution in [0.1, 0.15) is 37.0 Å². The molecule has 0 spiro atoms. The van der Waals surface area contributed by atoms with E-state index in [-0.39, 0.29) is 5.69 Å². The molecule has 0 bridgehead atoms. The quantitative estimate of drug-likeness (QED) is 0.449. The summed E-state index contributed by atoms with van der Waals surface area (Å²) < 4.78 is 47.8. The zero-order valence-electron chi connectivity index (χ0n) is 16.1. The Balaban J connectivity index is 2.48.